The van der Waals surface area contributed by atoms with Crippen LogP contribution in [0.15, 0.2) is 42.7 Å². The van der Waals surface area contributed by atoms with Gasteiger partial charge in [0.05, 0.1) is 23.5 Å². The van der Waals surface area contributed by atoms with Crippen LogP contribution in [0.25, 0.3) is 11.3 Å². The van der Waals surface area contributed by atoms with E-state index < -0.39 is 11.6 Å². The lowest BCUT2D eigenvalue weighted by molar-refractivity contribution is 0.359. The Balaban J connectivity index is 1.48. The Kier molecular flexibility index (Phi) is 4.09. The largest absolute Gasteiger partial charge is 0.355 e. The van der Waals surface area contributed by atoms with Crippen molar-refractivity contribution >= 4 is 5.82 Å². The molecular formula is C17H16F2N6. The molecule has 1 aromatic carbocycles. The van der Waals surface area contributed by atoms with Gasteiger partial charge in [0.25, 0.3) is 0 Å². The van der Waals surface area contributed by atoms with E-state index in [0.29, 0.717) is 11.9 Å². The fourth-order valence-electron chi connectivity index (χ4n) is 3.14. The highest BCUT2D eigenvalue weighted by Gasteiger charge is 2.22. The van der Waals surface area contributed by atoms with Crippen molar-refractivity contribution < 1.29 is 8.78 Å². The van der Waals surface area contributed by atoms with Gasteiger partial charge in [0, 0.05) is 19.3 Å². The molecule has 6 nitrogen and oxygen atoms in total. The van der Waals surface area contributed by atoms with Gasteiger partial charge in [0.2, 0.25) is 0 Å². The van der Waals surface area contributed by atoms with E-state index in [9.17, 15) is 8.78 Å². The van der Waals surface area contributed by atoms with Gasteiger partial charge in [-0.3, -0.25) is 0 Å². The maximum Gasteiger partial charge on any atom is 0.151 e. The van der Waals surface area contributed by atoms with Gasteiger partial charge in [0.1, 0.15) is 11.6 Å². The van der Waals surface area contributed by atoms with Gasteiger partial charge in [-0.1, -0.05) is 11.3 Å². The summed E-state index contributed by atoms with van der Waals surface area (Å²) in [6, 6.07) is 7.44. The molecule has 3 heterocycles. The molecule has 0 unspecified atom stereocenters. The van der Waals surface area contributed by atoms with Crippen molar-refractivity contribution in [1.29, 1.82) is 0 Å². The summed E-state index contributed by atoms with van der Waals surface area (Å²) in [4.78, 5) is 2.11. The molecule has 0 saturated carbocycles. The minimum absolute atomic E-state index is 0.147. The second-order valence-corrected chi connectivity index (χ2v) is 5.97. The highest BCUT2D eigenvalue weighted by atomic mass is 19.1. The second-order valence-electron chi connectivity index (χ2n) is 5.97. The number of anilines is 1. The average molecular weight is 342 g/mol. The highest BCUT2D eigenvalue weighted by Crippen LogP contribution is 2.27. The molecule has 3 aromatic rings. The second kappa shape index (κ2) is 6.54. The Hall–Kier alpha value is -2.90. The molecule has 1 aliphatic rings. The zero-order valence-electron chi connectivity index (χ0n) is 13.4. The van der Waals surface area contributed by atoms with Crippen LogP contribution >= 0.6 is 0 Å². The fourth-order valence-corrected chi connectivity index (χ4v) is 3.14. The van der Waals surface area contributed by atoms with E-state index in [1.54, 1.807) is 18.3 Å². The molecule has 8 heteroatoms. The lowest BCUT2D eigenvalue weighted by Gasteiger charge is -2.32. The van der Waals surface area contributed by atoms with E-state index in [2.05, 4.69) is 25.4 Å². The molecule has 0 bridgehead atoms. The molecule has 0 aliphatic carbocycles. The van der Waals surface area contributed by atoms with E-state index in [0.717, 1.165) is 25.9 Å². The molecule has 128 valence electrons. The number of nitrogens with zero attached hydrogens (tertiary/aromatic N) is 6. The van der Waals surface area contributed by atoms with Crippen molar-refractivity contribution in [2.45, 2.75) is 18.9 Å². The molecule has 1 saturated heterocycles. The molecule has 0 amide bonds. The summed E-state index contributed by atoms with van der Waals surface area (Å²) >= 11 is 0. The van der Waals surface area contributed by atoms with Crippen molar-refractivity contribution in [2.75, 3.05) is 18.0 Å². The van der Waals surface area contributed by atoms with Gasteiger partial charge in [-0.05, 0) is 37.1 Å². The van der Waals surface area contributed by atoms with Crippen molar-refractivity contribution in [1.82, 2.24) is 25.2 Å². The summed E-state index contributed by atoms with van der Waals surface area (Å²) in [5.41, 5.74) is 0.0447. The number of benzene rings is 1. The van der Waals surface area contributed by atoms with Gasteiger partial charge in [0.15, 0.2) is 5.82 Å². The minimum Gasteiger partial charge on any atom is -0.355 e. The van der Waals surface area contributed by atoms with Crippen LogP contribution in [0.1, 0.15) is 18.9 Å². The van der Waals surface area contributed by atoms with Gasteiger partial charge >= 0.3 is 0 Å². The van der Waals surface area contributed by atoms with Crippen LogP contribution in [0, 0.1) is 11.6 Å². The Labute approximate surface area is 143 Å². The summed E-state index contributed by atoms with van der Waals surface area (Å²) in [6.45, 7) is 1.62. The molecule has 0 radical (unpaired) electrons. The lowest BCUT2D eigenvalue weighted by Crippen LogP contribution is -2.35. The summed E-state index contributed by atoms with van der Waals surface area (Å²) in [6.07, 6.45) is 5.40. The highest BCUT2D eigenvalue weighted by molar-refractivity contribution is 5.61. The zero-order valence-corrected chi connectivity index (χ0v) is 13.4. The van der Waals surface area contributed by atoms with Gasteiger partial charge < -0.3 is 4.90 Å². The minimum atomic E-state index is -0.643. The fraction of sp³-hybridized carbons (Fsp3) is 0.294. The summed E-state index contributed by atoms with van der Waals surface area (Å²) in [5.74, 6) is -0.580. The molecular weight excluding hydrogens is 326 g/mol. The van der Waals surface area contributed by atoms with Crippen LogP contribution in [0.4, 0.5) is 14.6 Å². The van der Waals surface area contributed by atoms with Gasteiger partial charge in [-0.2, -0.15) is 0 Å². The molecule has 0 atom stereocenters. The lowest BCUT2D eigenvalue weighted by atomic mass is 10.1. The van der Waals surface area contributed by atoms with Crippen LogP contribution in [0.5, 0.6) is 0 Å². The molecule has 2 aromatic heterocycles. The van der Waals surface area contributed by atoms with Crippen molar-refractivity contribution in [3.05, 3.63) is 54.4 Å². The number of hydrogen-bond donors (Lipinski definition) is 0. The maximum atomic E-state index is 13.8. The van der Waals surface area contributed by atoms with Gasteiger partial charge in [-0.25, -0.2) is 13.5 Å². The SMILES string of the molecule is Fc1cccc(F)c1-c1ccc(N2CCC(n3ccnn3)CC2)nn1. The van der Waals surface area contributed by atoms with Crippen LogP contribution in [0.2, 0.25) is 0 Å². The Morgan fingerprint density at radius 2 is 1.72 bits per heavy atom. The van der Waals surface area contributed by atoms with Crippen molar-refractivity contribution in [2.24, 2.45) is 0 Å². The summed E-state index contributed by atoms with van der Waals surface area (Å²) in [5, 5.41) is 16.1. The quantitative estimate of drug-likeness (QED) is 0.732. The molecule has 4 rings (SSSR count). The first-order valence-electron chi connectivity index (χ1n) is 8.11. The number of hydrogen-bond acceptors (Lipinski definition) is 5. The van der Waals surface area contributed by atoms with Crippen molar-refractivity contribution in [3.63, 3.8) is 0 Å². The monoisotopic (exact) mass is 342 g/mol. The normalized spacial score (nSPS) is 15.5. The van der Waals surface area contributed by atoms with Gasteiger partial charge in [-0.15, -0.1) is 15.3 Å². The summed E-state index contributed by atoms with van der Waals surface area (Å²) in [7, 11) is 0. The van der Waals surface area contributed by atoms with E-state index in [1.165, 1.54) is 18.2 Å². The van der Waals surface area contributed by atoms with Crippen molar-refractivity contribution in [3.8, 4) is 11.3 Å². The van der Waals surface area contributed by atoms with Crippen LogP contribution in [-0.2, 0) is 0 Å². The molecule has 1 aliphatic heterocycles. The Bertz CT molecular complexity index is 822. The third kappa shape index (κ3) is 3.07. The first kappa shape index (κ1) is 15.6. The Morgan fingerprint density at radius 3 is 2.32 bits per heavy atom. The zero-order chi connectivity index (χ0) is 17.2. The van der Waals surface area contributed by atoms with E-state index in [4.69, 9.17) is 0 Å². The number of aromatic nitrogens is 5. The van der Waals surface area contributed by atoms with Crippen LogP contribution in [0.3, 0.4) is 0 Å². The van der Waals surface area contributed by atoms with E-state index >= 15 is 0 Å². The number of piperidine rings is 1. The molecule has 0 N–H and O–H groups in total. The third-order valence-electron chi connectivity index (χ3n) is 4.47. The predicted molar refractivity (Wildman–Crippen MR) is 87.9 cm³/mol. The molecule has 1 fully saturated rings. The first-order chi connectivity index (χ1) is 12.2. The topological polar surface area (TPSA) is 59.7 Å². The molecule has 25 heavy (non-hydrogen) atoms. The summed E-state index contributed by atoms with van der Waals surface area (Å²) < 4.78 is 29.6. The smallest absolute Gasteiger partial charge is 0.151 e. The Morgan fingerprint density at radius 1 is 0.960 bits per heavy atom. The molecule has 0 spiro atoms. The maximum absolute atomic E-state index is 13.8. The first-order valence-corrected chi connectivity index (χ1v) is 8.11. The predicted octanol–water partition coefficient (Wildman–Crippen LogP) is 2.85. The van der Waals surface area contributed by atoms with E-state index in [-0.39, 0.29) is 11.3 Å². The number of rotatable bonds is 3. The van der Waals surface area contributed by atoms with Crippen LogP contribution in [-0.4, -0.2) is 38.3 Å². The standard InChI is InChI=1S/C17H16F2N6/c18-13-2-1-3-14(19)17(13)15-4-5-16(22-21-15)24-9-6-12(7-10-24)25-11-8-20-23-25/h1-5,8,11-12H,6-7,9-10H2. The number of halogens is 2. The average Bonchev–Trinajstić information content (AvgIpc) is 3.17. The van der Waals surface area contributed by atoms with Crippen LogP contribution < -0.4 is 4.90 Å². The third-order valence-corrected chi connectivity index (χ3v) is 4.47. The van der Waals surface area contributed by atoms with E-state index in [1.807, 2.05) is 10.9 Å².